The second-order valence-corrected chi connectivity index (χ2v) is 3.40. The first-order chi connectivity index (χ1) is 4.95. The van der Waals surface area contributed by atoms with Crippen LogP contribution in [0.1, 0.15) is 20.8 Å². The van der Waals surface area contributed by atoms with E-state index in [9.17, 15) is 0 Å². The predicted molar refractivity (Wildman–Crippen MR) is 51.4 cm³/mol. The minimum Gasteiger partial charge on any atom is -0.375 e. The molecule has 0 aromatic carbocycles. The smallest absolute Gasteiger partial charge is 0.0382 e. The Morgan fingerprint density at radius 1 is 1.36 bits per heavy atom. The molecule has 1 nitrogen and oxygen atoms in total. The van der Waals surface area contributed by atoms with Gasteiger partial charge in [0, 0.05) is 19.3 Å². The van der Waals surface area contributed by atoms with Crippen LogP contribution in [0.4, 0.5) is 0 Å². The molecule has 0 amide bonds. The summed E-state index contributed by atoms with van der Waals surface area (Å²) in [5.74, 6) is 0.566. The number of allylic oxidation sites excluding steroid dienone is 1. The molecule has 0 aliphatic heterocycles. The van der Waals surface area contributed by atoms with Crippen LogP contribution in [0.2, 0.25) is 0 Å². The third kappa shape index (κ3) is 3.87. The first kappa shape index (κ1) is 10.3. The van der Waals surface area contributed by atoms with E-state index in [0.29, 0.717) is 5.92 Å². The summed E-state index contributed by atoms with van der Waals surface area (Å²) in [5.41, 5.74) is 2.35. The van der Waals surface area contributed by atoms with E-state index in [1.165, 1.54) is 5.57 Å². The van der Waals surface area contributed by atoms with Gasteiger partial charge in [0.1, 0.15) is 0 Å². The molecule has 0 atom stereocenters. The minimum absolute atomic E-state index is 0.566. The highest BCUT2D eigenvalue weighted by Gasteiger charge is 2.03. The summed E-state index contributed by atoms with van der Waals surface area (Å²) >= 11 is 0. The van der Waals surface area contributed by atoms with Gasteiger partial charge < -0.3 is 4.90 Å². The van der Waals surface area contributed by atoms with Gasteiger partial charge in [-0.25, -0.2) is 0 Å². The molecule has 0 aromatic rings. The van der Waals surface area contributed by atoms with E-state index in [1.54, 1.807) is 0 Å². The minimum atomic E-state index is 0.566. The van der Waals surface area contributed by atoms with Crippen molar-refractivity contribution in [3.05, 3.63) is 24.4 Å². The van der Waals surface area contributed by atoms with Gasteiger partial charge in [0.15, 0.2) is 0 Å². The number of likely N-dealkylation sites (N-methyl/N-ethyl adjacent to an activating group) is 1. The van der Waals surface area contributed by atoms with Crippen LogP contribution in [0.15, 0.2) is 24.4 Å². The van der Waals surface area contributed by atoms with Gasteiger partial charge in [-0.15, -0.1) is 0 Å². The Kier molecular flexibility index (Phi) is 3.94. The topological polar surface area (TPSA) is 3.24 Å². The van der Waals surface area contributed by atoms with Crippen LogP contribution in [0.25, 0.3) is 0 Å². The summed E-state index contributed by atoms with van der Waals surface area (Å²) < 4.78 is 0. The van der Waals surface area contributed by atoms with Gasteiger partial charge in [-0.1, -0.05) is 32.6 Å². The molecule has 0 unspecified atom stereocenters. The van der Waals surface area contributed by atoms with E-state index < -0.39 is 0 Å². The summed E-state index contributed by atoms with van der Waals surface area (Å²) in [6, 6.07) is 0. The van der Waals surface area contributed by atoms with Crippen molar-refractivity contribution < 1.29 is 0 Å². The lowest BCUT2D eigenvalue weighted by Gasteiger charge is -2.21. The van der Waals surface area contributed by atoms with Crippen LogP contribution in [0.5, 0.6) is 0 Å². The molecule has 1 heteroatoms. The van der Waals surface area contributed by atoms with Crippen LogP contribution < -0.4 is 0 Å². The highest BCUT2D eigenvalue weighted by Crippen LogP contribution is 2.09. The summed E-state index contributed by atoms with van der Waals surface area (Å²) in [5, 5.41) is 0. The molecule has 0 rings (SSSR count). The second-order valence-electron chi connectivity index (χ2n) is 3.40. The summed E-state index contributed by atoms with van der Waals surface area (Å²) in [6.07, 6.45) is 0. The fraction of sp³-hybridized carbons (Fsp3) is 0.600. The molecule has 0 spiro atoms. The van der Waals surface area contributed by atoms with Gasteiger partial charge >= 0.3 is 0 Å². The zero-order valence-electron chi connectivity index (χ0n) is 8.15. The number of hydrogen-bond donors (Lipinski definition) is 0. The van der Waals surface area contributed by atoms with E-state index in [1.807, 2.05) is 14.0 Å². The fourth-order valence-electron chi connectivity index (χ4n) is 0.622. The van der Waals surface area contributed by atoms with Crippen LogP contribution in [-0.4, -0.2) is 18.5 Å². The van der Waals surface area contributed by atoms with Crippen LogP contribution >= 0.6 is 0 Å². The van der Waals surface area contributed by atoms with Crippen molar-refractivity contribution in [3.63, 3.8) is 0 Å². The van der Waals surface area contributed by atoms with Crippen molar-refractivity contribution in [3.8, 4) is 0 Å². The molecular formula is C10H19N. The average molecular weight is 153 g/mol. The van der Waals surface area contributed by atoms with Crippen molar-refractivity contribution in [1.29, 1.82) is 0 Å². The third-order valence-corrected chi connectivity index (χ3v) is 1.91. The van der Waals surface area contributed by atoms with E-state index in [-0.39, 0.29) is 0 Å². The van der Waals surface area contributed by atoms with E-state index >= 15 is 0 Å². The lowest BCUT2D eigenvalue weighted by molar-refractivity contribution is 0.440. The molecule has 0 fully saturated rings. The first-order valence-corrected chi connectivity index (χ1v) is 3.99. The van der Waals surface area contributed by atoms with Gasteiger partial charge in [-0.05, 0) is 12.8 Å². The Morgan fingerprint density at radius 2 is 1.82 bits per heavy atom. The maximum absolute atomic E-state index is 3.99. The van der Waals surface area contributed by atoms with Crippen LogP contribution in [0, 0.1) is 5.92 Å². The molecular weight excluding hydrogens is 134 g/mol. The van der Waals surface area contributed by atoms with Crippen LogP contribution in [-0.2, 0) is 0 Å². The molecule has 64 valence electrons. The monoisotopic (exact) mass is 153 g/mol. The SMILES string of the molecule is C=C(CN(C)C(=C)C)C(C)C. The molecule has 0 aromatic heterocycles. The molecule has 0 bridgehead atoms. The lowest BCUT2D eigenvalue weighted by atomic mass is 10.1. The second kappa shape index (κ2) is 4.22. The van der Waals surface area contributed by atoms with Crippen molar-refractivity contribution >= 4 is 0 Å². The maximum Gasteiger partial charge on any atom is 0.0382 e. The highest BCUT2D eigenvalue weighted by atomic mass is 15.1. The standard InChI is InChI=1S/C10H19N/c1-8(2)10(5)7-11(6)9(3)4/h8H,3,5,7H2,1-2,4,6H3. The molecule has 0 saturated heterocycles. The van der Waals surface area contributed by atoms with Crippen molar-refractivity contribution in [2.24, 2.45) is 5.92 Å². The fourth-order valence-corrected chi connectivity index (χ4v) is 0.622. The lowest BCUT2D eigenvalue weighted by Crippen LogP contribution is -2.19. The van der Waals surface area contributed by atoms with Crippen molar-refractivity contribution in [1.82, 2.24) is 4.90 Å². The Balaban J connectivity index is 3.85. The van der Waals surface area contributed by atoms with E-state index in [4.69, 9.17) is 0 Å². The molecule has 0 aliphatic carbocycles. The largest absolute Gasteiger partial charge is 0.375 e. The summed E-state index contributed by atoms with van der Waals surface area (Å²) in [6.45, 7) is 15.1. The Labute approximate surface area is 70.4 Å². The van der Waals surface area contributed by atoms with Gasteiger partial charge in [0.05, 0.1) is 0 Å². The van der Waals surface area contributed by atoms with Gasteiger partial charge in [0.2, 0.25) is 0 Å². The Hall–Kier alpha value is -0.720. The first-order valence-electron chi connectivity index (χ1n) is 3.99. The van der Waals surface area contributed by atoms with Crippen LogP contribution in [0.3, 0.4) is 0 Å². The van der Waals surface area contributed by atoms with E-state index in [0.717, 1.165) is 12.2 Å². The third-order valence-electron chi connectivity index (χ3n) is 1.91. The van der Waals surface area contributed by atoms with E-state index in [2.05, 4.69) is 31.9 Å². The zero-order chi connectivity index (χ0) is 9.02. The normalized spacial score (nSPS) is 9.91. The van der Waals surface area contributed by atoms with Gasteiger partial charge in [0.25, 0.3) is 0 Å². The molecule has 0 heterocycles. The zero-order valence-corrected chi connectivity index (χ0v) is 8.15. The Bertz CT molecular complexity index is 156. The molecule has 0 aliphatic rings. The summed E-state index contributed by atoms with van der Waals surface area (Å²) in [7, 11) is 2.04. The average Bonchev–Trinajstić information content (AvgIpc) is 1.87. The number of hydrogen-bond acceptors (Lipinski definition) is 1. The van der Waals surface area contributed by atoms with Gasteiger partial charge in [-0.2, -0.15) is 0 Å². The molecule has 0 radical (unpaired) electrons. The number of rotatable bonds is 4. The van der Waals surface area contributed by atoms with Gasteiger partial charge in [-0.3, -0.25) is 0 Å². The van der Waals surface area contributed by atoms with Crippen molar-refractivity contribution in [2.75, 3.05) is 13.6 Å². The highest BCUT2D eigenvalue weighted by molar-refractivity contribution is 5.03. The predicted octanol–water partition coefficient (Wildman–Crippen LogP) is 2.66. The number of nitrogens with zero attached hydrogens (tertiary/aromatic N) is 1. The summed E-state index contributed by atoms with van der Waals surface area (Å²) in [4.78, 5) is 2.11. The molecule has 11 heavy (non-hydrogen) atoms. The molecule has 0 N–H and O–H groups in total. The maximum atomic E-state index is 3.99. The van der Waals surface area contributed by atoms with Crippen molar-refractivity contribution in [2.45, 2.75) is 20.8 Å². The Morgan fingerprint density at radius 3 is 2.09 bits per heavy atom. The molecule has 0 saturated carbocycles. The quantitative estimate of drug-likeness (QED) is 0.561.